The number of imidazole rings is 1. The van der Waals surface area contributed by atoms with Crippen molar-refractivity contribution in [2.24, 2.45) is 0 Å². The van der Waals surface area contributed by atoms with Crippen molar-refractivity contribution in [1.29, 1.82) is 0 Å². The summed E-state index contributed by atoms with van der Waals surface area (Å²) in [7, 11) is 1.46. The Labute approximate surface area is 83.1 Å². The quantitative estimate of drug-likeness (QED) is 0.500. The second-order valence-corrected chi connectivity index (χ2v) is 2.72. The number of fused-ring (bicyclic) bond motifs is 1. The lowest BCUT2D eigenvalue weighted by molar-refractivity contribution is 0.254. The van der Waals surface area contributed by atoms with Crippen LogP contribution >= 0.6 is 0 Å². The predicted octanol–water partition coefficient (Wildman–Crippen LogP) is -0.603. The third-order valence-electron chi connectivity index (χ3n) is 1.76. The zero-order chi connectivity index (χ0) is 10.8. The molecule has 8 nitrogen and oxygen atoms in total. The van der Waals surface area contributed by atoms with E-state index in [0.717, 1.165) is 0 Å². The summed E-state index contributed by atoms with van der Waals surface area (Å²) in [5, 5.41) is 4.68. The minimum absolute atomic E-state index is 0.0546. The number of H-pyrrole nitrogens is 2. The molecule has 15 heavy (non-hydrogen) atoms. The summed E-state index contributed by atoms with van der Waals surface area (Å²) >= 11 is 0. The van der Waals surface area contributed by atoms with Crippen LogP contribution in [0.1, 0.15) is 0 Å². The van der Waals surface area contributed by atoms with Gasteiger partial charge in [0.15, 0.2) is 11.2 Å². The van der Waals surface area contributed by atoms with Gasteiger partial charge >= 0.3 is 6.03 Å². The van der Waals surface area contributed by atoms with Gasteiger partial charge in [0.25, 0.3) is 5.56 Å². The molecule has 2 aromatic heterocycles. The summed E-state index contributed by atoms with van der Waals surface area (Å²) in [6.07, 6.45) is 1.36. The summed E-state index contributed by atoms with van der Waals surface area (Å²) in [4.78, 5) is 35.1. The van der Waals surface area contributed by atoms with E-state index in [1.165, 1.54) is 13.4 Å². The fraction of sp³-hybridized carbons (Fsp3) is 0.143. The number of nitrogens with one attached hydrogen (secondary N) is 4. The Hall–Kier alpha value is -2.38. The summed E-state index contributed by atoms with van der Waals surface area (Å²) in [6, 6.07) is -0.465. The number of aromatic nitrogens is 4. The lowest BCUT2D eigenvalue weighted by atomic mass is 10.5. The monoisotopic (exact) mass is 208 g/mol. The first-order valence-corrected chi connectivity index (χ1v) is 4.13. The highest BCUT2D eigenvalue weighted by Crippen LogP contribution is 2.02. The van der Waals surface area contributed by atoms with Gasteiger partial charge in [0.1, 0.15) is 0 Å². The third-order valence-corrected chi connectivity index (χ3v) is 1.76. The molecule has 0 saturated carbocycles. The van der Waals surface area contributed by atoms with E-state index in [2.05, 4.69) is 30.6 Å². The van der Waals surface area contributed by atoms with E-state index in [4.69, 9.17) is 0 Å². The van der Waals surface area contributed by atoms with Crippen LogP contribution in [0.25, 0.3) is 11.2 Å². The van der Waals surface area contributed by atoms with Gasteiger partial charge in [-0.25, -0.2) is 9.78 Å². The molecule has 2 amide bonds. The van der Waals surface area contributed by atoms with Crippen molar-refractivity contribution >= 4 is 23.1 Å². The molecule has 0 aromatic carbocycles. The first kappa shape index (κ1) is 9.19. The number of hydrogen-bond donors (Lipinski definition) is 4. The molecule has 8 heteroatoms. The van der Waals surface area contributed by atoms with Gasteiger partial charge in [-0.1, -0.05) is 0 Å². The third kappa shape index (κ3) is 1.64. The van der Waals surface area contributed by atoms with Crippen LogP contribution in [-0.2, 0) is 0 Å². The maximum atomic E-state index is 11.4. The van der Waals surface area contributed by atoms with Gasteiger partial charge in [-0.2, -0.15) is 4.98 Å². The Morgan fingerprint density at radius 1 is 1.53 bits per heavy atom. The van der Waals surface area contributed by atoms with E-state index in [1.54, 1.807) is 0 Å². The number of carbonyl (C=O) groups is 1. The van der Waals surface area contributed by atoms with E-state index in [9.17, 15) is 9.59 Å². The summed E-state index contributed by atoms with van der Waals surface area (Å²) in [6.45, 7) is 0. The van der Waals surface area contributed by atoms with Crippen LogP contribution in [0.15, 0.2) is 11.1 Å². The summed E-state index contributed by atoms with van der Waals surface area (Å²) in [5.41, 5.74) is 0.145. The fourth-order valence-corrected chi connectivity index (χ4v) is 1.07. The Kier molecular flexibility index (Phi) is 2.08. The molecular weight excluding hydrogens is 200 g/mol. The Morgan fingerprint density at radius 3 is 3.07 bits per heavy atom. The molecule has 2 aromatic rings. The number of carbonyl (C=O) groups excluding carboxylic acids is 1. The van der Waals surface area contributed by atoms with Gasteiger partial charge in [-0.05, 0) is 0 Å². The van der Waals surface area contributed by atoms with Crippen LogP contribution in [0.3, 0.4) is 0 Å². The van der Waals surface area contributed by atoms with Crippen LogP contribution in [0, 0.1) is 0 Å². The lowest BCUT2D eigenvalue weighted by Crippen LogP contribution is -2.27. The first-order chi connectivity index (χ1) is 7.20. The predicted molar refractivity (Wildman–Crippen MR) is 52.6 cm³/mol. The normalized spacial score (nSPS) is 10.2. The molecule has 0 unspecified atom stereocenters. The van der Waals surface area contributed by atoms with Crippen molar-refractivity contribution in [3.05, 3.63) is 16.7 Å². The van der Waals surface area contributed by atoms with Crippen LogP contribution in [0.5, 0.6) is 0 Å². The molecule has 0 atom stereocenters. The van der Waals surface area contributed by atoms with Crippen molar-refractivity contribution < 1.29 is 4.79 Å². The smallest absolute Gasteiger partial charge is 0.321 e. The molecule has 0 aliphatic rings. The van der Waals surface area contributed by atoms with Crippen molar-refractivity contribution in [2.75, 3.05) is 12.4 Å². The number of rotatable bonds is 1. The highest BCUT2D eigenvalue weighted by Gasteiger charge is 2.06. The van der Waals surface area contributed by atoms with Gasteiger partial charge in [-0.3, -0.25) is 15.1 Å². The maximum Gasteiger partial charge on any atom is 0.321 e. The summed E-state index contributed by atoms with van der Waals surface area (Å²) in [5.74, 6) is 0.0546. The Balaban J connectivity index is 2.45. The summed E-state index contributed by atoms with van der Waals surface area (Å²) < 4.78 is 0. The van der Waals surface area contributed by atoms with E-state index in [-0.39, 0.29) is 22.7 Å². The molecule has 78 valence electrons. The molecule has 0 bridgehead atoms. The number of nitrogens with zero attached hydrogens (tertiary/aromatic N) is 2. The first-order valence-electron chi connectivity index (χ1n) is 4.13. The highest BCUT2D eigenvalue weighted by molar-refractivity contribution is 5.87. The highest BCUT2D eigenvalue weighted by atomic mass is 16.2. The minimum atomic E-state index is -0.465. The standard InChI is InChI=1S/C7H8N6O2/c1-8-7(15)13-6-11-4-3(5(14)12-6)9-2-10-4/h2H,1H3,(H4,8,9,10,11,12,13,14,15). The number of aromatic amines is 2. The topological polar surface area (TPSA) is 116 Å². The molecule has 0 saturated heterocycles. The van der Waals surface area contributed by atoms with Gasteiger partial charge in [-0.15, -0.1) is 0 Å². The van der Waals surface area contributed by atoms with Crippen molar-refractivity contribution in [1.82, 2.24) is 25.3 Å². The number of amides is 2. The van der Waals surface area contributed by atoms with E-state index in [1.807, 2.05) is 0 Å². The lowest BCUT2D eigenvalue weighted by Gasteiger charge is -2.01. The second kappa shape index (κ2) is 3.40. The van der Waals surface area contributed by atoms with Crippen molar-refractivity contribution in [3.63, 3.8) is 0 Å². The minimum Gasteiger partial charge on any atom is -0.341 e. The fourth-order valence-electron chi connectivity index (χ4n) is 1.07. The van der Waals surface area contributed by atoms with Gasteiger partial charge in [0, 0.05) is 7.05 Å². The van der Waals surface area contributed by atoms with E-state index in [0.29, 0.717) is 0 Å². The molecule has 0 fully saturated rings. The second-order valence-electron chi connectivity index (χ2n) is 2.72. The van der Waals surface area contributed by atoms with Crippen LogP contribution in [0.2, 0.25) is 0 Å². The van der Waals surface area contributed by atoms with E-state index < -0.39 is 6.03 Å². The molecule has 2 rings (SSSR count). The molecular formula is C7H8N6O2. The Bertz CT molecular complexity index is 556. The largest absolute Gasteiger partial charge is 0.341 e. The zero-order valence-corrected chi connectivity index (χ0v) is 7.79. The van der Waals surface area contributed by atoms with Crippen LogP contribution < -0.4 is 16.2 Å². The van der Waals surface area contributed by atoms with Crippen molar-refractivity contribution in [2.45, 2.75) is 0 Å². The number of urea groups is 1. The SMILES string of the molecule is CNC(=O)Nc1nc2nc[nH]c2c(=O)[nH]1. The zero-order valence-electron chi connectivity index (χ0n) is 7.79. The molecule has 4 N–H and O–H groups in total. The van der Waals surface area contributed by atoms with Gasteiger partial charge in [0.2, 0.25) is 5.95 Å². The molecule has 0 spiro atoms. The average molecular weight is 208 g/mol. The van der Waals surface area contributed by atoms with Gasteiger partial charge in [0.05, 0.1) is 6.33 Å². The molecule has 0 radical (unpaired) electrons. The van der Waals surface area contributed by atoms with Crippen LogP contribution in [0.4, 0.5) is 10.7 Å². The number of hydrogen-bond acceptors (Lipinski definition) is 4. The van der Waals surface area contributed by atoms with Crippen LogP contribution in [-0.4, -0.2) is 33.0 Å². The Morgan fingerprint density at radius 2 is 2.33 bits per heavy atom. The maximum absolute atomic E-state index is 11.4. The number of anilines is 1. The van der Waals surface area contributed by atoms with Gasteiger partial charge < -0.3 is 10.3 Å². The average Bonchev–Trinajstić information content (AvgIpc) is 2.66. The molecule has 2 heterocycles. The van der Waals surface area contributed by atoms with Crippen molar-refractivity contribution in [3.8, 4) is 0 Å². The van der Waals surface area contributed by atoms with E-state index >= 15 is 0 Å². The molecule has 0 aliphatic carbocycles. The molecule has 0 aliphatic heterocycles.